The number of amides is 1. The van der Waals surface area contributed by atoms with Gasteiger partial charge in [-0.1, -0.05) is 29.3 Å². The highest BCUT2D eigenvalue weighted by atomic mass is 35.5. The van der Waals surface area contributed by atoms with Gasteiger partial charge in [-0.2, -0.15) is 0 Å². The Bertz CT molecular complexity index is 737. The average molecular weight is 372 g/mol. The molecule has 2 aromatic rings. The molecule has 0 saturated heterocycles. The number of hydrogen-bond acceptors (Lipinski definition) is 4. The van der Waals surface area contributed by atoms with Gasteiger partial charge in [-0.3, -0.25) is 4.79 Å². The van der Waals surface area contributed by atoms with Gasteiger partial charge in [0.15, 0.2) is 13.2 Å². The second kappa shape index (κ2) is 8.52. The van der Waals surface area contributed by atoms with Crippen molar-refractivity contribution in [3.63, 3.8) is 0 Å². The summed E-state index contributed by atoms with van der Waals surface area (Å²) >= 11 is 11.8. The van der Waals surface area contributed by atoms with Crippen molar-refractivity contribution in [3.05, 3.63) is 58.3 Å². The summed E-state index contributed by atoms with van der Waals surface area (Å²) in [6.07, 6.45) is 0. The van der Waals surface area contributed by atoms with Gasteiger partial charge in [-0.15, -0.1) is 0 Å². The molecule has 0 bridgehead atoms. The lowest BCUT2D eigenvalue weighted by Crippen LogP contribution is -2.23. The van der Waals surface area contributed by atoms with Crippen molar-refractivity contribution in [2.75, 3.05) is 18.5 Å². The maximum absolute atomic E-state index is 12.7. The minimum absolute atomic E-state index is 0.193. The van der Waals surface area contributed by atoms with Gasteiger partial charge >= 0.3 is 5.97 Å². The number of nitrogens with one attached hydrogen (secondary N) is 1. The van der Waals surface area contributed by atoms with E-state index in [4.69, 9.17) is 32.7 Å². The Balaban J connectivity index is 1.75. The fourth-order valence-electron chi connectivity index (χ4n) is 1.65. The van der Waals surface area contributed by atoms with E-state index < -0.39 is 30.9 Å². The molecule has 0 aromatic heterocycles. The fraction of sp³-hybridized carbons (Fsp3) is 0.125. The second-order valence-electron chi connectivity index (χ2n) is 4.55. The highest BCUT2D eigenvalue weighted by Crippen LogP contribution is 2.29. The molecule has 126 valence electrons. The molecule has 0 heterocycles. The molecule has 2 aromatic carbocycles. The summed E-state index contributed by atoms with van der Waals surface area (Å²) in [7, 11) is 0. The van der Waals surface area contributed by atoms with E-state index in [1.165, 1.54) is 24.3 Å². The zero-order valence-electron chi connectivity index (χ0n) is 12.2. The van der Waals surface area contributed by atoms with Gasteiger partial charge in [0.25, 0.3) is 5.91 Å². The highest BCUT2D eigenvalue weighted by molar-refractivity contribution is 6.43. The number of rotatable bonds is 6. The molecule has 5 nitrogen and oxygen atoms in total. The topological polar surface area (TPSA) is 64.6 Å². The molecule has 0 atom stereocenters. The number of anilines is 1. The van der Waals surface area contributed by atoms with E-state index in [1.54, 1.807) is 18.2 Å². The Morgan fingerprint density at radius 3 is 2.46 bits per heavy atom. The summed E-state index contributed by atoms with van der Waals surface area (Å²) < 4.78 is 22.6. The molecule has 0 aliphatic heterocycles. The lowest BCUT2D eigenvalue weighted by atomic mass is 10.3. The third-order valence-electron chi connectivity index (χ3n) is 2.76. The van der Waals surface area contributed by atoms with Crippen LogP contribution in [0.25, 0.3) is 0 Å². The number of ether oxygens (including phenoxy) is 2. The van der Waals surface area contributed by atoms with E-state index in [2.05, 4.69) is 5.32 Å². The molecule has 8 heteroatoms. The normalized spacial score (nSPS) is 10.1. The van der Waals surface area contributed by atoms with Crippen LogP contribution in [-0.4, -0.2) is 25.1 Å². The van der Waals surface area contributed by atoms with E-state index in [1.807, 2.05) is 0 Å². The van der Waals surface area contributed by atoms with Crippen LogP contribution in [0.4, 0.5) is 10.1 Å². The third-order valence-corrected chi connectivity index (χ3v) is 3.58. The smallest absolute Gasteiger partial charge is 0.344 e. The van der Waals surface area contributed by atoms with E-state index >= 15 is 0 Å². The van der Waals surface area contributed by atoms with Crippen LogP contribution in [0.1, 0.15) is 0 Å². The molecule has 0 aliphatic carbocycles. The maximum atomic E-state index is 12.7. The second-order valence-corrected chi connectivity index (χ2v) is 5.34. The van der Waals surface area contributed by atoms with Crippen LogP contribution in [-0.2, 0) is 14.3 Å². The first kappa shape index (κ1) is 18.0. The molecule has 0 aliphatic rings. The van der Waals surface area contributed by atoms with Crippen molar-refractivity contribution < 1.29 is 23.5 Å². The van der Waals surface area contributed by atoms with Crippen molar-refractivity contribution in [2.45, 2.75) is 0 Å². The Morgan fingerprint density at radius 1 is 1.04 bits per heavy atom. The molecule has 0 spiro atoms. The van der Waals surface area contributed by atoms with Crippen LogP contribution in [0.2, 0.25) is 10.0 Å². The first-order chi connectivity index (χ1) is 11.5. The first-order valence-electron chi connectivity index (χ1n) is 6.73. The number of benzene rings is 2. The summed E-state index contributed by atoms with van der Waals surface area (Å²) in [4.78, 5) is 23.2. The predicted octanol–water partition coefficient (Wildman–Crippen LogP) is 3.69. The third kappa shape index (κ3) is 5.40. The van der Waals surface area contributed by atoms with E-state index in [0.717, 1.165) is 0 Å². The van der Waals surface area contributed by atoms with Gasteiger partial charge in [0.1, 0.15) is 11.6 Å². The number of hydrogen-bond donors (Lipinski definition) is 1. The molecule has 0 fully saturated rings. The SMILES string of the molecule is O=C(COC(=O)COc1ccc(F)cc1)Nc1cccc(Cl)c1Cl. The summed E-state index contributed by atoms with van der Waals surface area (Å²) in [6.45, 7) is -0.911. The zero-order valence-corrected chi connectivity index (χ0v) is 13.7. The number of carbonyl (C=O) groups excluding carboxylic acids is 2. The number of carbonyl (C=O) groups is 2. The summed E-state index contributed by atoms with van der Waals surface area (Å²) in [5.41, 5.74) is 0.313. The van der Waals surface area contributed by atoms with Gasteiger partial charge in [0, 0.05) is 0 Å². The first-order valence-corrected chi connectivity index (χ1v) is 7.49. The average Bonchev–Trinajstić information content (AvgIpc) is 2.56. The monoisotopic (exact) mass is 371 g/mol. The predicted molar refractivity (Wildman–Crippen MR) is 87.9 cm³/mol. The Kier molecular flexibility index (Phi) is 6.40. The van der Waals surface area contributed by atoms with Crippen molar-refractivity contribution >= 4 is 40.8 Å². The fourth-order valence-corrected chi connectivity index (χ4v) is 2.00. The quantitative estimate of drug-likeness (QED) is 0.786. The summed E-state index contributed by atoms with van der Waals surface area (Å²) in [5, 5.41) is 2.96. The van der Waals surface area contributed by atoms with Crippen LogP contribution in [0, 0.1) is 5.82 Å². The molecule has 1 amide bonds. The number of halogens is 3. The van der Waals surface area contributed by atoms with Crippen molar-refractivity contribution in [1.82, 2.24) is 0 Å². The Morgan fingerprint density at radius 2 is 1.75 bits per heavy atom. The van der Waals surface area contributed by atoms with Crippen molar-refractivity contribution in [1.29, 1.82) is 0 Å². The maximum Gasteiger partial charge on any atom is 0.344 e. The van der Waals surface area contributed by atoms with Crippen molar-refractivity contribution in [2.24, 2.45) is 0 Å². The molecular weight excluding hydrogens is 360 g/mol. The lowest BCUT2D eigenvalue weighted by Gasteiger charge is -2.09. The van der Waals surface area contributed by atoms with Crippen LogP contribution < -0.4 is 10.1 Å². The van der Waals surface area contributed by atoms with Crippen molar-refractivity contribution in [3.8, 4) is 5.75 Å². The molecule has 0 saturated carbocycles. The van der Waals surface area contributed by atoms with Gasteiger partial charge < -0.3 is 14.8 Å². The highest BCUT2D eigenvalue weighted by Gasteiger charge is 2.11. The molecule has 0 unspecified atom stereocenters. The molecule has 24 heavy (non-hydrogen) atoms. The van der Waals surface area contributed by atoms with Gasteiger partial charge in [0.2, 0.25) is 0 Å². The minimum atomic E-state index is -0.744. The Labute approximate surface area is 147 Å². The van der Waals surface area contributed by atoms with Gasteiger partial charge in [-0.25, -0.2) is 9.18 Å². The molecule has 0 radical (unpaired) electrons. The summed E-state index contributed by atoms with van der Waals surface area (Å²) in [5.74, 6) is -1.43. The largest absolute Gasteiger partial charge is 0.482 e. The van der Waals surface area contributed by atoms with E-state index in [0.29, 0.717) is 16.5 Å². The minimum Gasteiger partial charge on any atom is -0.482 e. The molecule has 2 rings (SSSR count). The standard InChI is InChI=1S/C16H12Cl2FNO4/c17-12-2-1-3-13(16(12)18)20-14(21)8-24-15(22)9-23-11-6-4-10(19)5-7-11/h1-7H,8-9H2,(H,20,21). The van der Waals surface area contributed by atoms with E-state index in [-0.39, 0.29) is 5.02 Å². The molecule has 1 N–H and O–H groups in total. The van der Waals surface area contributed by atoms with Crippen LogP contribution in [0.15, 0.2) is 42.5 Å². The zero-order chi connectivity index (χ0) is 17.5. The number of esters is 1. The summed E-state index contributed by atoms with van der Waals surface area (Å²) in [6, 6.07) is 9.89. The van der Waals surface area contributed by atoms with Crippen LogP contribution >= 0.6 is 23.2 Å². The van der Waals surface area contributed by atoms with Gasteiger partial charge in [0.05, 0.1) is 15.7 Å². The van der Waals surface area contributed by atoms with Crippen LogP contribution in [0.5, 0.6) is 5.75 Å². The lowest BCUT2D eigenvalue weighted by molar-refractivity contribution is -0.149. The molecular formula is C16H12Cl2FNO4. The van der Waals surface area contributed by atoms with Crippen LogP contribution in [0.3, 0.4) is 0 Å². The Hall–Kier alpha value is -2.31. The van der Waals surface area contributed by atoms with E-state index in [9.17, 15) is 14.0 Å². The van der Waals surface area contributed by atoms with Gasteiger partial charge in [-0.05, 0) is 36.4 Å².